The lowest BCUT2D eigenvalue weighted by atomic mass is 10.2. The molecule has 1 N–H and O–H groups in total. The number of benzene rings is 1. The van der Waals surface area contributed by atoms with Gasteiger partial charge in [-0.15, -0.1) is 11.3 Å². The van der Waals surface area contributed by atoms with Crippen molar-refractivity contribution in [2.45, 2.75) is 26.8 Å². The molecule has 0 bridgehead atoms. The van der Waals surface area contributed by atoms with Crippen molar-refractivity contribution in [3.63, 3.8) is 0 Å². The summed E-state index contributed by atoms with van der Waals surface area (Å²) in [6, 6.07) is 12.1. The Morgan fingerprint density at radius 3 is 2.61 bits per heavy atom. The van der Waals surface area contributed by atoms with Crippen molar-refractivity contribution in [2.75, 3.05) is 0 Å². The summed E-state index contributed by atoms with van der Waals surface area (Å²) >= 11 is 1.61. The zero-order valence-corrected chi connectivity index (χ0v) is 14.1. The zero-order chi connectivity index (χ0) is 16.2. The molecule has 1 aromatic carbocycles. The Kier molecular flexibility index (Phi) is 4.57. The SMILES string of the molecule is Cc1ncn(-c2ccc(CNC(=O)Cc3cccs3)cc2)c1C. The van der Waals surface area contributed by atoms with Crippen LogP contribution in [0, 0.1) is 13.8 Å². The molecule has 4 nitrogen and oxygen atoms in total. The van der Waals surface area contributed by atoms with E-state index >= 15 is 0 Å². The van der Waals surface area contributed by atoms with Crippen LogP contribution in [0.25, 0.3) is 5.69 Å². The van der Waals surface area contributed by atoms with Gasteiger partial charge in [0.25, 0.3) is 0 Å². The van der Waals surface area contributed by atoms with Crippen LogP contribution in [0.3, 0.4) is 0 Å². The molecule has 0 aliphatic heterocycles. The third-order valence-electron chi connectivity index (χ3n) is 3.87. The lowest BCUT2D eigenvalue weighted by Gasteiger charge is -2.08. The summed E-state index contributed by atoms with van der Waals surface area (Å²) in [5.74, 6) is 0.0533. The third kappa shape index (κ3) is 3.68. The summed E-state index contributed by atoms with van der Waals surface area (Å²) in [5, 5.41) is 4.95. The predicted octanol–water partition coefficient (Wildman–Crippen LogP) is 3.41. The van der Waals surface area contributed by atoms with Crippen molar-refractivity contribution >= 4 is 17.2 Å². The van der Waals surface area contributed by atoms with Crippen LogP contribution in [-0.4, -0.2) is 15.5 Å². The fourth-order valence-corrected chi connectivity index (χ4v) is 3.07. The van der Waals surface area contributed by atoms with Crippen LogP contribution >= 0.6 is 11.3 Å². The molecule has 0 saturated heterocycles. The highest BCUT2D eigenvalue weighted by atomic mass is 32.1. The lowest BCUT2D eigenvalue weighted by Crippen LogP contribution is -2.24. The van der Waals surface area contributed by atoms with E-state index in [9.17, 15) is 4.79 Å². The molecule has 3 rings (SSSR count). The monoisotopic (exact) mass is 325 g/mol. The van der Waals surface area contributed by atoms with E-state index in [0.717, 1.165) is 27.5 Å². The van der Waals surface area contributed by atoms with Crippen LogP contribution in [-0.2, 0) is 17.8 Å². The smallest absolute Gasteiger partial charge is 0.225 e. The van der Waals surface area contributed by atoms with Gasteiger partial charge in [-0.3, -0.25) is 4.79 Å². The minimum absolute atomic E-state index is 0.0533. The standard InChI is InChI=1S/C18H19N3OS/c1-13-14(2)21(12-20-13)16-7-5-15(6-8-16)11-19-18(22)10-17-4-3-9-23-17/h3-9,12H,10-11H2,1-2H3,(H,19,22). The second kappa shape index (κ2) is 6.79. The summed E-state index contributed by atoms with van der Waals surface area (Å²) in [4.78, 5) is 17.3. The molecular weight excluding hydrogens is 306 g/mol. The number of nitrogens with one attached hydrogen (secondary N) is 1. The number of aromatic nitrogens is 2. The Morgan fingerprint density at radius 2 is 2.00 bits per heavy atom. The summed E-state index contributed by atoms with van der Waals surface area (Å²) in [6.07, 6.45) is 2.28. The minimum Gasteiger partial charge on any atom is -0.352 e. The first-order chi connectivity index (χ1) is 11.1. The first-order valence-electron chi connectivity index (χ1n) is 7.52. The molecule has 23 heavy (non-hydrogen) atoms. The largest absolute Gasteiger partial charge is 0.352 e. The van der Waals surface area contributed by atoms with Crippen LogP contribution < -0.4 is 5.32 Å². The van der Waals surface area contributed by atoms with Gasteiger partial charge in [0.15, 0.2) is 0 Å². The van der Waals surface area contributed by atoms with E-state index in [-0.39, 0.29) is 5.91 Å². The van der Waals surface area contributed by atoms with Gasteiger partial charge in [-0.1, -0.05) is 18.2 Å². The number of nitrogens with zero attached hydrogens (tertiary/aromatic N) is 2. The number of carbonyl (C=O) groups excluding carboxylic acids is 1. The van der Waals surface area contributed by atoms with E-state index in [2.05, 4.69) is 33.9 Å². The molecule has 5 heteroatoms. The Labute approximate surface area is 139 Å². The van der Waals surface area contributed by atoms with Crippen molar-refractivity contribution in [1.82, 2.24) is 14.9 Å². The van der Waals surface area contributed by atoms with Gasteiger partial charge < -0.3 is 9.88 Å². The fourth-order valence-electron chi connectivity index (χ4n) is 2.37. The molecule has 0 aliphatic carbocycles. The highest BCUT2D eigenvalue weighted by molar-refractivity contribution is 7.10. The van der Waals surface area contributed by atoms with E-state index in [1.807, 2.05) is 42.9 Å². The lowest BCUT2D eigenvalue weighted by molar-refractivity contribution is -0.120. The molecule has 0 unspecified atom stereocenters. The number of hydrogen-bond donors (Lipinski definition) is 1. The van der Waals surface area contributed by atoms with Gasteiger partial charge in [0, 0.05) is 22.8 Å². The van der Waals surface area contributed by atoms with Gasteiger partial charge in [0.05, 0.1) is 18.4 Å². The van der Waals surface area contributed by atoms with E-state index in [4.69, 9.17) is 0 Å². The molecule has 0 radical (unpaired) electrons. The third-order valence-corrected chi connectivity index (χ3v) is 4.75. The molecule has 0 spiro atoms. The topological polar surface area (TPSA) is 46.9 Å². The number of rotatable bonds is 5. The van der Waals surface area contributed by atoms with E-state index in [0.29, 0.717) is 13.0 Å². The summed E-state index contributed by atoms with van der Waals surface area (Å²) in [5.41, 5.74) is 4.34. The number of aryl methyl sites for hydroxylation is 1. The zero-order valence-electron chi connectivity index (χ0n) is 13.2. The number of thiophene rings is 1. The van der Waals surface area contributed by atoms with Crippen molar-refractivity contribution in [2.24, 2.45) is 0 Å². The van der Waals surface area contributed by atoms with Crippen molar-refractivity contribution in [3.8, 4) is 5.69 Å². The van der Waals surface area contributed by atoms with Gasteiger partial charge in [-0.05, 0) is 43.0 Å². The molecule has 2 aromatic heterocycles. The fraction of sp³-hybridized carbons (Fsp3) is 0.222. The number of hydrogen-bond acceptors (Lipinski definition) is 3. The average molecular weight is 325 g/mol. The van der Waals surface area contributed by atoms with Crippen molar-refractivity contribution in [1.29, 1.82) is 0 Å². The normalized spacial score (nSPS) is 10.7. The Balaban J connectivity index is 1.59. The molecule has 0 saturated carbocycles. The molecule has 3 aromatic rings. The Hall–Kier alpha value is -2.40. The molecule has 2 heterocycles. The van der Waals surface area contributed by atoms with Gasteiger partial charge in [-0.2, -0.15) is 0 Å². The maximum absolute atomic E-state index is 11.9. The van der Waals surface area contributed by atoms with Gasteiger partial charge in [-0.25, -0.2) is 4.98 Å². The molecule has 0 fully saturated rings. The summed E-state index contributed by atoms with van der Waals surface area (Å²) < 4.78 is 2.06. The first kappa shape index (κ1) is 15.5. The van der Waals surface area contributed by atoms with Crippen LogP contribution in [0.2, 0.25) is 0 Å². The average Bonchev–Trinajstić information content (AvgIpc) is 3.17. The molecule has 1 amide bonds. The summed E-state index contributed by atoms with van der Waals surface area (Å²) in [7, 11) is 0. The van der Waals surface area contributed by atoms with Gasteiger partial charge >= 0.3 is 0 Å². The minimum atomic E-state index is 0.0533. The predicted molar refractivity (Wildman–Crippen MR) is 92.9 cm³/mol. The molecule has 0 atom stereocenters. The Morgan fingerprint density at radius 1 is 1.22 bits per heavy atom. The number of imidazole rings is 1. The maximum atomic E-state index is 11.9. The second-order valence-electron chi connectivity index (χ2n) is 5.48. The van der Waals surface area contributed by atoms with E-state index < -0.39 is 0 Å². The van der Waals surface area contributed by atoms with Crippen molar-refractivity contribution in [3.05, 3.63) is 69.9 Å². The van der Waals surface area contributed by atoms with Crippen LogP contribution in [0.15, 0.2) is 48.1 Å². The summed E-state index contributed by atoms with van der Waals surface area (Å²) in [6.45, 7) is 4.61. The molecular formula is C18H19N3OS. The van der Waals surface area contributed by atoms with E-state index in [1.165, 1.54) is 0 Å². The van der Waals surface area contributed by atoms with E-state index in [1.54, 1.807) is 11.3 Å². The highest BCUT2D eigenvalue weighted by Crippen LogP contribution is 2.14. The molecule has 0 aliphatic rings. The molecule has 118 valence electrons. The highest BCUT2D eigenvalue weighted by Gasteiger charge is 2.06. The number of amides is 1. The second-order valence-corrected chi connectivity index (χ2v) is 6.52. The number of carbonyl (C=O) groups is 1. The van der Waals surface area contributed by atoms with Crippen LogP contribution in [0.4, 0.5) is 0 Å². The van der Waals surface area contributed by atoms with Crippen molar-refractivity contribution < 1.29 is 4.79 Å². The van der Waals surface area contributed by atoms with Gasteiger partial charge in [0.2, 0.25) is 5.91 Å². The van der Waals surface area contributed by atoms with Crippen LogP contribution in [0.1, 0.15) is 21.8 Å². The Bertz CT molecular complexity index is 788. The van der Waals surface area contributed by atoms with Crippen LogP contribution in [0.5, 0.6) is 0 Å². The maximum Gasteiger partial charge on any atom is 0.225 e. The van der Waals surface area contributed by atoms with Gasteiger partial charge in [0.1, 0.15) is 0 Å². The first-order valence-corrected chi connectivity index (χ1v) is 8.40. The quantitative estimate of drug-likeness (QED) is 0.781.